The summed E-state index contributed by atoms with van der Waals surface area (Å²) in [5, 5.41) is 2.77. The number of hydrogen-bond donors (Lipinski definition) is 1. The third kappa shape index (κ3) is 5.82. The van der Waals surface area contributed by atoms with E-state index in [2.05, 4.69) is 9.71 Å². The molecule has 1 rings (SSSR count). The van der Waals surface area contributed by atoms with Crippen LogP contribution in [0.5, 0.6) is 0 Å². The normalized spacial score (nSPS) is 21.4. The average Bonchev–Trinajstić information content (AvgIpc) is 2.09. The Labute approximate surface area is 118 Å². The van der Waals surface area contributed by atoms with Gasteiger partial charge in [-0.25, -0.2) is 4.79 Å². The van der Waals surface area contributed by atoms with Crippen LogP contribution in [0.3, 0.4) is 0 Å². The first-order valence-corrected chi connectivity index (χ1v) is 7.56. The van der Waals surface area contributed by atoms with E-state index in [0.717, 1.165) is 5.71 Å². The number of carbonyl (C=O) groups excluding carboxylic acids is 1. The summed E-state index contributed by atoms with van der Waals surface area (Å²) in [6.07, 6.45) is 0.899. The maximum absolute atomic E-state index is 11.8. The van der Waals surface area contributed by atoms with Gasteiger partial charge >= 0.3 is 6.09 Å². The summed E-state index contributed by atoms with van der Waals surface area (Å²) >= 11 is -1.22. The van der Waals surface area contributed by atoms with E-state index in [1.54, 1.807) is 0 Å². The summed E-state index contributed by atoms with van der Waals surface area (Å²) in [5.74, 6) is 0. The van der Waals surface area contributed by atoms with Crippen LogP contribution in [0.2, 0.25) is 0 Å². The predicted octanol–water partition coefficient (Wildman–Crippen LogP) is 2.58. The van der Waals surface area contributed by atoms with Crippen LogP contribution in [0.15, 0.2) is 4.40 Å². The van der Waals surface area contributed by atoms with Gasteiger partial charge in [-0.1, -0.05) is 4.40 Å². The monoisotopic (exact) mass is 288 g/mol. The van der Waals surface area contributed by atoms with E-state index in [-0.39, 0.29) is 10.8 Å². The molecule has 0 saturated heterocycles. The molecular weight excluding hydrogens is 264 g/mol. The molecule has 1 N–H and O–H groups in total. The summed E-state index contributed by atoms with van der Waals surface area (Å²) in [4.78, 5) is 11.5. The number of ether oxygens (including phenoxy) is 1. The van der Waals surface area contributed by atoms with Gasteiger partial charge in [0.05, 0.1) is 5.71 Å². The Kier molecular flexibility index (Phi) is 4.90. The minimum absolute atomic E-state index is 0.0468. The average molecular weight is 288 g/mol. The van der Waals surface area contributed by atoms with Crippen molar-refractivity contribution < 1.29 is 14.1 Å². The predicted molar refractivity (Wildman–Crippen MR) is 77.7 cm³/mol. The smallest absolute Gasteiger partial charge is 0.407 e. The highest BCUT2D eigenvalue weighted by Crippen LogP contribution is 2.23. The first-order valence-electron chi connectivity index (χ1n) is 6.45. The maximum Gasteiger partial charge on any atom is 0.407 e. The molecule has 1 aliphatic rings. The first kappa shape index (κ1) is 16.3. The lowest BCUT2D eigenvalue weighted by atomic mass is 9.91. The van der Waals surface area contributed by atoms with E-state index in [0.29, 0.717) is 12.8 Å². The van der Waals surface area contributed by atoms with Gasteiger partial charge in [0.1, 0.15) is 21.7 Å². The number of nitrogens with zero attached hydrogens (tertiary/aromatic N) is 1. The third-order valence-corrected chi connectivity index (χ3v) is 3.89. The zero-order valence-electron chi connectivity index (χ0n) is 12.6. The molecular formula is C13H24N2O3S. The minimum atomic E-state index is -1.22. The summed E-state index contributed by atoms with van der Waals surface area (Å²) in [6.45, 7) is 11.2. The number of alkyl carbamates (subject to hydrolysis) is 1. The molecule has 6 heteroatoms. The van der Waals surface area contributed by atoms with Crippen molar-refractivity contribution in [2.24, 2.45) is 4.40 Å². The van der Waals surface area contributed by atoms with Crippen molar-refractivity contribution >= 4 is 23.2 Å². The van der Waals surface area contributed by atoms with Crippen LogP contribution < -0.4 is 5.32 Å². The summed E-state index contributed by atoms with van der Waals surface area (Å²) < 4.78 is 20.8. The zero-order valence-corrected chi connectivity index (χ0v) is 13.4. The van der Waals surface area contributed by atoms with Crippen LogP contribution in [0.4, 0.5) is 4.79 Å². The molecule has 0 aromatic carbocycles. The van der Waals surface area contributed by atoms with Crippen molar-refractivity contribution in [3.05, 3.63) is 0 Å². The van der Waals surface area contributed by atoms with E-state index in [1.165, 1.54) is 0 Å². The largest absolute Gasteiger partial charge is 0.591 e. The van der Waals surface area contributed by atoms with Crippen molar-refractivity contribution in [2.75, 3.05) is 0 Å². The van der Waals surface area contributed by atoms with Crippen LogP contribution in [-0.2, 0) is 16.1 Å². The van der Waals surface area contributed by atoms with Crippen LogP contribution >= 0.6 is 0 Å². The lowest BCUT2D eigenvalue weighted by molar-refractivity contribution is 0.0501. The quantitative estimate of drug-likeness (QED) is 0.794. The Hall–Kier alpha value is -0.750. The van der Waals surface area contributed by atoms with E-state index in [4.69, 9.17) is 4.74 Å². The lowest BCUT2D eigenvalue weighted by Gasteiger charge is -2.30. The second kappa shape index (κ2) is 5.71. The molecule has 0 radical (unpaired) electrons. The highest BCUT2D eigenvalue weighted by atomic mass is 32.2. The van der Waals surface area contributed by atoms with Crippen molar-refractivity contribution in [3.63, 3.8) is 0 Å². The number of rotatable bonds is 2. The van der Waals surface area contributed by atoms with E-state index in [1.807, 2.05) is 41.5 Å². The molecule has 1 aliphatic carbocycles. The molecule has 1 unspecified atom stereocenters. The highest BCUT2D eigenvalue weighted by Gasteiger charge is 2.33. The van der Waals surface area contributed by atoms with Gasteiger partial charge in [-0.3, -0.25) is 0 Å². The van der Waals surface area contributed by atoms with Gasteiger partial charge in [0, 0.05) is 18.9 Å². The second-order valence-corrected chi connectivity index (χ2v) is 8.68. The minimum Gasteiger partial charge on any atom is -0.591 e. The van der Waals surface area contributed by atoms with Crippen LogP contribution in [0.1, 0.15) is 54.4 Å². The molecule has 1 saturated carbocycles. The second-order valence-electron chi connectivity index (χ2n) is 6.77. The Balaban J connectivity index is 2.35. The number of carbonyl (C=O) groups is 1. The highest BCUT2D eigenvalue weighted by molar-refractivity contribution is 7.91. The van der Waals surface area contributed by atoms with Crippen LogP contribution in [0.25, 0.3) is 0 Å². The van der Waals surface area contributed by atoms with Crippen molar-refractivity contribution in [2.45, 2.75) is 70.8 Å². The molecule has 0 aromatic heterocycles. The summed E-state index contributed by atoms with van der Waals surface area (Å²) in [6, 6.07) is 0.0468. The summed E-state index contributed by atoms with van der Waals surface area (Å²) in [7, 11) is 0. The van der Waals surface area contributed by atoms with Gasteiger partial charge in [0.15, 0.2) is 0 Å². The van der Waals surface area contributed by atoms with E-state index >= 15 is 0 Å². The number of amides is 1. The van der Waals surface area contributed by atoms with Gasteiger partial charge in [-0.15, -0.1) is 0 Å². The fraction of sp³-hybridized carbons (Fsp3) is 0.846. The van der Waals surface area contributed by atoms with Crippen molar-refractivity contribution in [1.82, 2.24) is 5.32 Å². The van der Waals surface area contributed by atoms with E-state index < -0.39 is 23.1 Å². The van der Waals surface area contributed by atoms with Gasteiger partial charge in [0.2, 0.25) is 0 Å². The third-order valence-electron chi connectivity index (χ3n) is 2.42. The van der Waals surface area contributed by atoms with Crippen LogP contribution in [-0.4, -0.2) is 32.7 Å². The fourth-order valence-corrected chi connectivity index (χ4v) is 2.07. The van der Waals surface area contributed by atoms with E-state index in [9.17, 15) is 9.35 Å². The Morgan fingerprint density at radius 3 is 2.26 bits per heavy atom. The Morgan fingerprint density at radius 2 is 1.84 bits per heavy atom. The Bertz CT molecular complexity index is 361. The number of nitrogens with one attached hydrogen (secondary N) is 1. The van der Waals surface area contributed by atoms with Gasteiger partial charge in [-0.05, 0) is 41.5 Å². The molecule has 19 heavy (non-hydrogen) atoms. The fourth-order valence-electron chi connectivity index (χ4n) is 1.41. The molecule has 0 aliphatic heterocycles. The molecule has 1 fully saturated rings. The molecule has 0 aromatic rings. The van der Waals surface area contributed by atoms with Crippen LogP contribution in [0, 0.1) is 0 Å². The SMILES string of the molecule is CC(C)(C)OC(=O)NC1CC(=N[S+]([O-])C(C)(C)C)C1. The molecule has 0 bridgehead atoms. The molecule has 0 spiro atoms. The van der Waals surface area contributed by atoms with Crippen molar-refractivity contribution in [3.8, 4) is 0 Å². The summed E-state index contributed by atoms with van der Waals surface area (Å²) in [5.41, 5.74) is 0.410. The molecule has 110 valence electrons. The van der Waals surface area contributed by atoms with Gasteiger partial charge in [0.25, 0.3) is 0 Å². The van der Waals surface area contributed by atoms with Gasteiger partial charge < -0.3 is 14.6 Å². The maximum atomic E-state index is 11.8. The molecule has 1 atom stereocenters. The molecule has 1 amide bonds. The molecule has 0 heterocycles. The lowest BCUT2D eigenvalue weighted by Crippen LogP contribution is -2.47. The Morgan fingerprint density at radius 1 is 1.32 bits per heavy atom. The first-order chi connectivity index (χ1) is 8.47. The topological polar surface area (TPSA) is 73.8 Å². The number of hydrogen-bond acceptors (Lipinski definition) is 4. The van der Waals surface area contributed by atoms with Crippen molar-refractivity contribution in [1.29, 1.82) is 0 Å². The standard InChI is InChI=1S/C13H24N2O3S/c1-12(2,3)18-11(16)14-9-7-10(8-9)15-19(17)13(4,5)6/h9H,7-8H2,1-6H3,(H,14,16). The molecule has 5 nitrogen and oxygen atoms in total. The zero-order chi connectivity index (χ0) is 14.8. The van der Waals surface area contributed by atoms with Gasteiger partial charge in [-0.2, -0.15) is 0 Å².